The molecule has 1 aliphatic rings. The molecule has 1 saturated heterocycles. The van der Waals surface area contributed by atoms with Crippen LogP contribution in [-0.2, 0) is 4.74 Å². The molecule has 1 fully saturated rings. The van der Waals surface area contributed by atoms with E-state index in [4.69, 9.17) is 14.7 Å². The van der Waals surface area contributed by atoms with E-state index in [2.05, 4.69) is 0 Å². The van der Waals surface area contributed by atoms with E-state index in [9.17, 15) is 10.1 Å². The van der Waals surface area contributed by atoms with Crippen molar-refractivity contribution in [3.8, 4) is 11.8 Å². The van der Waals surface area contributed by atoms with Crippen molar-refractivity contribution in [3.63, 3.8) is 0 Å². The number of hydrogen-bond donors (Lipinski definition) is 0. The number of rotatable bonds is 4. The Bertz CT molecular complexity index is 489. The van der Waals surface area contributed by atoms with Crippen LogP contribution in [0.3, 0.4) is 0 Å². The van der Waals surface area contributed by atoms with Crippen molar-refractivity contribution < 1.29 is 14.4 Å². The first kappa shape index (κ1) is 12.3. The van der Waals surface area contributed by atoms with Crippen LogP contribution in [-0.4, -0.2) is 24.2 Å². The van der Waals surface area contributed by atoms with Gasteiger partial charge in [-0.25, -0.2) is 0 Å². The summed E-state index contributed by atoms with van der Waals surface area (Å²) in [6.45, 7) is 1.15. The molecule has 2 rings (SSSR count). The minimum Gasteiger partial charge on any atom is -0.491 e. The molecule has 1 aromatic carbocycles. The zero-order valence-electron chi connectivity index (χ0n) is 9.67. The fourth-order valence-corrected chi connectivity index (χ4v) is 1.82. The number of hydrogen-bond acceptors (Lipinski definition) is 5. The molecule has 0 bridgehead atoms. The first-order valence-corrected chi connectivity index (χ1v) is 5.63. The summed E-state index contributed by atoms with van der Waals surface area (Å²) >= 11 is 0. The molecule has 18 heavy (non-hydrogen) atoms. The van der Waals surface area contributed by atoms with Crippen LogP contribution >= 0.6 is 0 Å². The van der Waals surface area contributed by atoms with Gasteiger partial charge in [0.15, 0.2) is 0 Å². The smallest absolute Gasteiger partial charge is 0.287 e. The van der Waals surface area contributed by atoms with E-state index < -0.39 is 4.92 Å². The van der Waals surface area contributed by atoms with Gasteiger partial charge in [-0.2, -0.15) is 5.26 Å². The highest BCUT2D eigenvalue weighted by Gasteiger charge is 2.18. The van der Waals surface area contributed by atoms with Gasteiger partial charge in [-0.1, -0.05) is 0 Å². The SMILES string of the molecule is N#Cc1cc(OCC2CCCO2)ccc1[N+](=O)[O-]. The summed E-state index contributed by atoms with van der Waals surface area (Å²) in [5.74, 6) is 0.452. The van der Waals surface area contributed by atoms with Gasteiger partial charge in [0.2, 0.25) is 0 Å². The second-order valence-corrected chi connectivity index (χ2v) is 3.99. The topological polar surface area (TPSA) is 85.4 Å². The van der Waals surface area contributed by atoms with Crippen molar-refractivity contribution >= 4 is 5.69 Å². The second-order valence-electron chi connectivity index (χ2n) is 3.99. The molecule has 1 atom stereocenters. The van der Waals surface area contributed by atoms with Crippen molar-refractivity contribution in [1.29, 1.82) is 5.26 Å². The number of ether oxygens (including phenoxy) is 2. The zero-order valence-corrected chi connectivity index (χ0v) is 9.67. The molecule has 0 saturated carbocycles. The molecule has 0 radical (unpaired) electrons. The van der Waals surface area contributed by atoms with E-state index in [1.165, 1.54) is 18.2 Å². The van der Waals surface area contributed by atoms with Crippen molar-refractivity contribution in [2.24, 2.45) is 0 Å². The van der Waals surface area contributed by atoms with Crippen LogP contribution in [0, 0.1) is 21.4 Å². The van der Waals surface area contributed by atoms with Gasteiger partial charge in [-0.15, -0.1) is 0 Å². The Labute approximate surface area is 104 Å². The van der Waals surface area contributed by atoms with Crippen LogP contribution in [0.15, 0.2) is 18.2 Å². The second kappa shape index (κ2) is 5.47. The zero-order chi connectivity index (χ0) is 13.0. The summed E-state index contributed by atoms with van der Waals surface area (Å²) in [4.78, 5) is 10.1. The average molecular weight is 248 g/mol. The minimum absolute atomic E-state index is 0.00448. The third kappa shape index (κ3) is 2.76. The molecular weight excluding hydrogens is 236 g/mol. The maximum Gasteiger partial charge on any atom is 0.287 e. The highest BCUT2D eigenvalue weighted by molar-refractivity contribution is 5.52. The largest absolute Gasteiger partial charge is 0.491 e. The lowest BCUT2D eigenvalue weighted by molar-refractivity contribution is -0.385. The van der Waals surface area contributed by atoms with Crippen molar-refractivity contribution in [1.82, 2.24) is 0 Å². The van der Waals surface area contributed by atoms with Crippen LogP contribution in [0.4, 0.5) is 5.69 Å². The van der Waals surface area contributed by atoms with Crippen LogP contribution in [0.25, 0.3) is 0 Å². The summed E-state index contributed by atoms with van der Waals surface area (Å²) < 4.78 is 10.9. The first-order valence-electron chi connectivity index (χ1n) is 5.63. The number of nitro benzene ring substituents is 1. The van der Waals surface area contributed by atoms with Crippen molar-refractivity contribution in [2.45, 2.75) is 18.9 Å². The van der Waals surface area contributed by atoms with Crippen LogP contribution < -0.4 is 4.74 Å². The summed E-state index contributed by atoms with van der Waals surface area (Å²) in [6.07, 6.45) is 2.06. The highest BCUT2D eigenvalue weighted by atomic mass is 16.6. The Hall–Kier alpha value is -2.13. The van der Waals surface area contributed by atoms with Crippen LogP contribution in [0.5, 0.6) is 5.75 Å². The Morgan fingerprint density at radius 3 is 3.06 bits per heavy atom. The summed E-state index contributed by atoms with van der Waals surface area (Å²) in [6, 6.07) is 5.95. The summed E-state index contributed by atoms with van der Waals surface area (Å²) in [5.41, 5.74) is -0.202. The van der Waals surface area contributed by atoms with E-state index in [0.717, 1.165) is 19.4 Å². The lowest BCUT2D eigenvalue weighted by Crippen LogP contribution is -2.16. The summed E-state index contributed by atoms with van der Waals surface area (Å²) in [7, 11) is 0. The standard InChI is InChI=1S/C12H12N2O4/c13-7-9-6-10(3-4-12(9)14(15)16)18-8-11-2-1-5-17-11/h3-4,6,11H,1-2,5,8H2. The van der Waals surface area contributed by atoms with E-state index >= 15 is 0 Å². The Balaban J connectivity index is 2.05. The lowest BCUT2D eigenvalue weighted by Gasteiger charge is -2.11. The normalized spacial score (nSPS) is 18.3. The maximum atomic E-state index is 10.7. The Kier molecular flexibility index (Phi) is 3.75. The lowest BCUT2D eigenvalue weighted by atomic mass is 10.2. The number of nitro groups is 1. The van der Waals surface area contributed by atoms with E-state index in [0.29, 0.717) is 12.4 Å². The van der Waals surface area contributed by atoms with Gasteiger partial charge >= 0.3 is 0 Å². The molecule has 0 aliphatic carbocycles. The van der Waals surface area contributed by atoms with Crippen molar-refractivity contribution in [3.05, 3.63) is 33.9 Å². The van der Waals surface area contributed by atoms with Gasteiger partial charge in [0.05, 0.1) is 11.0 Å². The maximum absolute atomic E-state index is 10.7. The quantitative estimate of drug-likeness (QED) is 0.601. The third-order valence-electron chi connectivity index (χ3n) is 2.75. The monoisotopic (exact) mass is 248 g/mol. The van der Waals surface area contributed by atoms with E-state index in [1.807, 2.05) is 0 Å². The van der Waals surface area contributed by atoms with Crippen LogP contribution in [0.1, 0.15) is 18.4 Å². The Morgan fingerprint density at radius 2 is 2.44 bits per heavy atom. The van der Waals surface area contributed by atoms with Gasteiger partial charge in [-0.3, -0.25) is 10.1 Å². The number of nitriles is 1. The van der Waals surface area contributed by atoms with E-state index in [-0.39, 0.29) is 17.4 Å². The molecule has 0 aromatic heterocycles. The third-order valence-corrected chi connectivity index (χ3v) is 2.75. The first-order chi connectivity index (χ1) is 8.70. The fraction of sp³-hybridized carbons (Fsp3) is 0.417. The van der Waals surface area contributed by atoms with E-state index in [1.54, 1.807) is 6.07 Å². The van der Waals surface area contributed by atoms with Crippen molar-refractivity contribution in [2.75, 3.05) is 13.2 Å². The molecule has 1 heterocycles. The number of benzene rings is 1. The molecular formula is C12H12N2O4. The molecule has 94 valence electrons. The molecule has 0 amide bonds. The predicted molar refractivity (Wildman–Crippen MR) is 62.3 cm³/mol. The highest BCUT2D eigenvalue weighted by Crippen LogP contribution is 2.24. The van der Waals surface area contributed by atoms with Gasteiger partial charge in [0, 0.05) is 18.7 Å². The molecule has 6 nitrogen and oxygen atoms in total. The average Bonchev–Trinajstić information content (AvgIpc) is 2.88. The van der Waals surface area contributed by atoms with Gasteiger partial charge in [-0.05, 0) is 18.9 Å². The summed E-state index contributed by atoms with van der Waals surface area (Å²) in [5, 5.41) is 19.5. The fourth-order valence-electron chi connectivity index (χ4n) is 1.82. The predicted octanol–water partition coefficient (Wildman–Crippen LogP) is 2.02. The molecule has 0 spiro atoms. The Morgan fingerprint density at radius 1 is 1.61 bits per heavy atom. The van der Waals surface area contributed by atoms with Gasteiger partial charge in [0.25, 0.3) is 5.69 Å². The molecule has 1 aliphatic heterocycles. The molecule has 6 heteroatoms. The van der Waals surface area contributed by atoms with Gasteiger partial charge in [0.1, 0.15) is 24.0 Å². The molecule has 1 unspecified atom stereocenters. The number of nitrogens with zero attached hydrogens (tertiary/aromatic N) is 2. The minimum atomic E-state index is -0.581. The molecule has 0 N–H and O–H groups in total. The van der Waals surface area contributed by atoms with Crippen LogP contribution in [0.2, 0.25) is 0 Å². The van der Waals surface area contributed by atoms with Gasteiger partial charge < -0.3 is 9.47 Å². The molecule has 1 aromatic rings.